The Labute approximate surface area is 87.4 Å². The lowest BCUT2D eigenvalue weighted by molar-refractivity contribution is 0.244. The fourth-order valence-corrected chi connectivity index (χ4v) is 0.969. The molecule has 0 aliphatic heterocycles. The topological polar surface area (TPSA) is 88.1 Å². The van der Waals surface area contributed by atoms with E-state index in [1.165, 1.54) is 0 Å². The van der Waals surface area contributed by atoms with Crippen molar-refractivity contribution in [3.63, 3.8) is 0 Å². The van der Waals surface area contributed by atoms with Crippen LogP contribution in [0.3, 0.4) is 0 Å². The minimum Gasteiger partial charge on any atom is -0.492 e. The van der Waals surface area contributed by atoms with Crippen LogP contribution in [0.15, 0.2) is 24.3 Å². The van der Waals surface area contributed by atoms with E-state index in [4.69, 9.17) is 15.7 Å². The summed E-state index contributed by atoms with van der Waals surface area (Å²) in [5, 5.41) is 11.0. The number of urea groups is 1. The smallest absolute Gasteiger partial charge is 0.312 e. The maximum absolute atomic E-state index is 10.3. The highest BCUT2D eigenvalue weighted by Crippen LogP contribution is 2.10. The van der Waals surface area contributed by atoms with Crippen LogP contribution < -0.4 is 15.8 Å². The molecule has 78 valence electrons. The third kappa shape index (κ3) is 4.00. The molecule has 3 N–H and O–H groups in total. The van der Waals surface area contributed by atoms with E-state index in [1.807, 2.05) is 6.07 Å². The minimum atomic E-state index is -0.571. The predicted octanol–water partition coefficient (Wildman–Crippen LogP) is 0.605. The number of rotatable bonds is 4. The van der Waals surface area contributed by atoms with Gasteiger partial charge in [-0.2, -0.15) is 5.26 Å². The number of nitrogens with two attached hydrogens (primary N) is 1. The van der Waals surface area contributed by atoms with Crippen molar-refractivity contribution in [2.24, 2.45) is 5.73 Å². The largest absolute Gasteiger partial charge is 0.492 e. The van der Waals surface area contributed by atoms with E-state index >= 15 is 0 Å². The first kappa shape index (κ1) is 10.9. The SMILES string of the molecule is N#Cc1ccc(OCCNC(N)=O)cc1. The van der Waals surface area contributed by atoms with Crippen molar-refractivity contribution in [3.05, 3.63) is 29.8 Å². The average molecular weight is 205 g/mol. The zero-order chi connectivity index (χ0) is 11.1. The molecular weight excluding hydrogens is 194 g/mol. The highest BCUT2D eigenvalue weighted by molar-refractivity contribution is 5.71. The third-order valence-electron chi connectivity index (χ3n) is 1.65. The van der Waals surface area contributed by atoms with Crippen LogP contribution in [0.5, 0.6) is 5.75 Å². The van der Waals surface area contributed by atoms with Gasteiger partial charge in [-0.05, 0) is 24.3 Å². The van der Waals surface area contributed by atoms with Crippen molar-refractivity contribution in [3.8, 4) is 11.8 Å². The van der Waals surface area contributed by atoms with E-state index in [9.17, 15) is 4.79 Å². The zero-order valence-corrected chi connectivity index (χ0v) is 8.06. The van der Waals surface area contributed by atoms with E-state index in [-0.39, 0.29) is 0 Å². The number of hydrogen-bond acceptors (Lipinski definition) is 3. The molecule has 0 heterocycles. The number of benzene rings is 1. The van der Waals surface area contributed by atoms with Crippen molar-refractivity contribution in [2.75, 3.05) is 13.2 Å². The van der Waals surface area contributed by atoms with Gasteiger partial charge in [0.2, 0.25) is 0 Å². The summed E-state index contributed by atoms with van der Waals surface area (Å²) in [5.41, 5.74) is 5.45. The number of hydrogen-bond donors (Lipinski definition) is 2. The molecule has 0 saturated heterocycles. The number of carbonyl (C=O) groups is 1. The number of carbonyl (C=O) groups excluding carboxylic acids is 1. The molecule has 5 nitrogen and oxygen atoms in total. The number of nitriles is 1. The summed E-state index contributed by atoms with van der Waals surface area (Å²) in [6, 6.07) is 8.16. The van der Waals surface area contributed by atoms with Crippen molar-refractivity contribution in [1.82, 2.24) is 5.32 Å². The normalized spacial score (nSPS) is 9.00. The number of amides is 2. The molecule has 0 aromatic heterocycles. The van der Waals surface area contributed by atoms with E-state index in [0.717, 1.165) is 0 Å². The summed E-state index contributed by atoms with van der Waals surface area (Å²) in [6.45, 7) is 0.699. The van der Waals surface area contributed by atoms with E-state index in [0.29, 0.717) is 24.5 Å². The van der Waals surface area contributed by atoms with E-state index in [1.54, 1.807) is 24.3 Å². The Morgan fingerprint density at radius 2 is 2.13 bits per heavy atom. The summed E-state index contributed by atoms with van der Waals surface area (Å²) in [7, 11) is 0. The van der Waals surface area contributed by atoms with Gasteiger partial charge in [0.1, 0.15) is 12.4 Å². The molecule has 0 saturated carbocycles. The molecule has 0 unspecified atom stereocenters. The number of ether oxygens (including phenoxy) is 1. The van der Waals surface area contributed by atoms with Gasteiger partial charge in [0.15, 0.2) is 0 Å². The molecule has 0 aliphatic carbocycles. The van der Waals surface area contributed by atoms with Crippen LogP contribution >= 0.6 is 0 Å². The van der Waals surface area contributed by atoms with Crippen molar-refractivity contribution in [2.45, 2.75) is 0 Å². The van der Waals surface area contributed by atoms with Gasteiger partial charge in [0.05, 0.1) is 18.2 Å². The maximum atomic E-state index is 10.3. The van der Waals surface area contributed by atoms with Gasteiger partial charge in [-0.15, -0.1) is 0 Å². The molecule has 0 spiro atoms. The van der Waals surface area contributed by atoms with Crippen molar-refractivity contribution < 1.29 is 9.53 Å². The molecule has 1 rings (SSSR count). The second-order valence-corrected chi connectivity index (χ2v) is 2.78. The van der Waals surface area contributed by atoms with Crippen LogP contribution in [-0.2, 0) is 0 Å². The van der Waals surface area contributed by atoms with Gasteiger partial charge in [-0.25, -0.2) is 4.79 Å². The zero-order valence-electron chi connectivity index (χ0n) is 8.06. The Balaban J connectivity index is 2.32. The van der Waals surface area contributed by atoms with Crippen LogP contribution in [0.25, 0.3) is 0 Å². The molecule has 5 heteroatoms. The molecule has 15 heavy (non-hydrogen) atoms. The molecule has 2 amide bonds. The highest BCUT2D eigenvalue weighted by atomic mass is 16.5. The van der Waals surface area contributed by atoms with Gasteiger partial charge in [0, 0.05) is 0 Å². The first-order chi connectivity index (χ1) is 7.22. The van der Waals surface area contributed by atoms with Gasteiger partial charge in [-0.3, -0.25) is 0 Å². The Morgan fingerprint density at radius 1 is 1.47 bits per heavy atom. The average Bonchev–Trinajstić information content (AvgIpc) is 2.25. The second kappa shape index (κ2) is 5.50. The molecular formula is C10H11N3O2. The monoisotopic (exact) mass is 205 g/mol. The lowest BCUT2D eigenvalue weighted by Crippen LogP contribution is -2.32. The molecule has 0 bridgehead atoms. The third-order valence-corrected chi connectivity index (χ3v) is 1.65. The maximum Gasteiger partial charge on any atom is 0.312 e. The first-order valence-electron chi connectivity index (χ1n) is 4.38. The summed E-state index contributed by atoms with van der Waals surface area (Å²) >= 11 is 0. The lowest BCUT2D eigenvalue weighted by Gasteiger charge is -2.05. The minimum absolute atomic E-state index is 0.342. The molecule has 0 fully saturated rings. The summed E-state index contributed by atoms with van der Waals surface area (Å²) in [6.07, 6.45) is 0. The lowest BCUT2D eigenvalue weighted by atomic mass is 10.2. The van der Waals surface area contributed by atoms with Gasteiger partial charge in [-0.1, -0.05) is 0 Å². The standard InChI is InChI=1S/C10H11N3O2/c11-7-8-1-3-9(4-2-8)15-6-5-13-10(12)14/h1-4H,5-6H2,(H3,12,13,14). The quantitative estimate of drug-likeness (QED) is 0.705. The van der Waals surface area contributed by atoms with Crippen LogP contribution in [0.2, 0.25) is 0 Å². The van der Waals surface area contributed by atoms with E-state index < -0.39 is 6.03 Å². The van der Waals surface area contributed by atoms with E-state index in [2.05, 4.69) is 5.32 Å². The number of nitrogens with one attached hydrogen (secondary N) is 1. The summed E-state index contributed by atoms with van der Waals surface area (Å²) < 4.78 is 5.28. The molecule has 1 aromatic carbocycles. The van der Waals surface area contributed by atoms with Crippen LogP contribution in [0, 0.1) is 11.3 Å². The molecule has 0 radical (unpaired) electrons. The second-order valence-electron chi connectivity index (χ2n) is 2.78. The van der Waals surface area contributed by atoms with Gasteiger partial charge < -0.3 is 15.8 Å². The first-order valence-corrected chi connectivity index (χ1v) is 4.38. The summed E-state index contributed by atoms with van der Waals surface area (Å²) in [4.78, 5) is 10.3. The number of primary amides is 1. The number of nitrogens with zero attached hydrogens (tertiary/aromatic N) is 1. The van der Waals surface area contributed by atoms with Crippen molar-refractivity contribution in [1.29, 1.82) is 5.26 Å². The molecule has 0 atom stereocenters. The molecule has 1 aromatic rings. The van der Waals surface area contributed by atoms with Crippen molar-refractivity contribution >= 4 is 6.03 Å². The Morgan fingerprint density at radius 3 is 2.67 bits per heavy atom. The predicted molar refractivity (Wildman–Crippen MR) is 54.2 cm³/mol. The fraction of sp³-hybridized carbons (Fsp3) is 0.200. The Kier molecular flexibility index (Phi) is 3.98. The molecule has 0 aliphatic rings. The fourth-order valence-electron chi connectivity index (χ4n) is 0.969. The van der Waals surface area contributed by atoms with Crippen LogP contribution in [0.4, 0.5) is 4.79 Å². The van der Waals surface area contributed by atoms with Crippen LogP contribution in [0.1, 0.15) is 5.56 Å². The highest BCUT2D eigenvalue weighted by Gasteiger charge is 1.95. The van der Waals surface area contributed by atoms with Gasteiger partial charge in [0.25, 0.3) is 0 Å². The Hall–Kier alpha value is -2.22. The van der Waals surface area contributed by atoms with Gasteiger partial charge >= 0.3 is 6.03 Å². The summed E-state index contributed by atoms with van der Waals surface area (Å²) in [5.74, 6) is 0.653. The van der Waals surface area contributed by atoms with Crippen LogP contribution in [-0.4, -0.2) is 19.2 Å². The Bertz CT molecular complexity index is 367.